The van der Waals surface area contributed by atoms with Crippen LogP contribution >= 0.6 is 0 Å². The van der Waals surface area contributed by atoms with Gasteiger partial charge in [0, 0.05) is 6.54 Å². The Morgan fingerprint density at radius 2 is 1.55 bits per heavy atom. The molecule has 0 saturated heterocycles. The summed E-state index contributed by atoms with van der Waals surface area (Å²) in [6, 6.07) is 16.8. The van der Waals surface area contributed by atoms with Crippen molar-refractivity contribution in [1.29, 1.82) is 0 Å². The number of benzene rings is 2. The van der Waals surface area contributed by atoms with Crippen molar-refractivity contribution >= 4 is 0 Å². The van der Waals surface area contributed by atoms with Gasteiger partial charge >= 0.3 is 0 Å². The third-order valence-electron chi connectivity index (χ3n) is 3.74. The van der Waals surface area contributed by atoms with Gasteiger partial charge in [-0.05, 0) is 43.1 Å². The summed E-state index contributed by atoms with van der Waals surface area (Å²) >= 11 is 0. The highest BCUT2D eigenvalue weighted by atomic mass is 16.5. The molecular weight excluding hydrogens is 270 g/mol. The molecule has 0 aliphatic rings. The zero-order valence-electron chi connectivity index (χ0n) is 13.8. The molecule has 0 aromatic heterocycles. The van der Waals surface area contributed by atoms with Gasteiger partial charge in [0.05, 0.1) is 0 Å². The molecule has 0 bridgehead atoms. The molecule has 0 saturated carbocycles. The van der Waals surface area contributed by atoms with Crippen molar-refractivity contribution in [2.75, 3.05) is 6.54 Å². The van der Waals surface area contributed by atoms with E-state index < -0.39 is 0 Å². The topological polar surface area (TPSA) is 21.3 Å². The maximum absolute atomic E-state index is 5.82. The summed E-state index contributed by atoms with van der Waals surface area (Å²) in [5.74, 6) is 0.926. The van der Waals surface area contributed by atoms with Crippen LogP contribution in [0.2, 0.25) is 0 Å². The minimum absolute atomic E-state index is 0.620. The van der Waals surface area contributed by atoms with E-state index in [1.807, 2.05) is 0 Å². The van der Waals surface area contributed by atoms with Gasteiger partial charge in [0.1, 0.15) is 12.4 Å². The molecule has 0 radical (unpaired) electrons. The van der Waals surface area contributed by atoms with Crippen molar-refractivity contribution in [2.45, 2.75) is 46.3 Å². The van der Waals surface area contributed by atoms with Crippen LogP contribution in [0.1, 0.15) is 42.9 Å². The van der Waals surface area contributed by atoms with E-state index in [2.05, 4.69) is 67.7 Å². The molecule has 2 heteroatoms. The van der Waals surface area contributed by atoms with Crippen LogP contribution in [0.15, 0.2) is 48.5 Å². The quantitative estimate of drug-likeness (QED) is 0.668. The fraction of sp³-hybridized carbons (Fsp3) is 0.400. The molecule has 0 aliphatic heterocycles. The largest absolute Gasteiger partial charge is 0.489 e. The first-order chi connectivity index (χ1) is 10.8. The minimum atomic E-state index is 0.620. The van der Waals surface area contributed by atoms with Crippen LogP contribution in [0, 0.1) is 6.92 Å². The highest BCUT2D eigenvalue weighted by molar-refractivity contribution is 5.28. The molecule has 0 heterocycles. The van der Waals surface area contributed by atoms with Gasteiger partial charge in [-0.25, -0.2) is 0 Å². The van der Waals surface area contributed by atoms with Gasteiger partial charge in [-0.3, -0.25) is 0 Å². The van der Waals surface area contributed by atoms with Crippen molar-refractivity contribution in [3.8, 4) is 5.75 Å². The monoisotopic (exact) mass is 297 g/mol. The average molecular weight is 297 g/mol. The van der Waals surface area contributed by atoms with E-state index in [9.17, 15) is 0 Å². The molecule has 2 aromatic carbocycles. The molecule has 118 valence electrons. The maximum atomic E-state index is 5.82. The summed E-state index contributed by atoms with van der Waals surface area (Å²) in [4.78, 5) is 0. The molecule has 22 heavy (non-hydrogen) atoms. The number of hydrogen-bond acceptors (Lipinski definition) is 2. The number of aryl methyl sites for hydroxylation is 1. The fourth-order valence-electron chi connectivity index (χ4n) is 2.29. The van der Waals surface area contributed by atoms with E-state index in [-0.39, 0.29) is 0 Å². The Morgan fingerprint density at radius 3 is 2.23 bits per heavy atom. The number of ether oxygens (including phenoxy) is 1. The maximum Gasteiger partial charge on any atom is 0.119 e. The lowest BCUT2D eigenvalue weighted by Gasteiger charge is -2.08. The van der Waals surface area contributed by atoms with Gasteiger partial charge in [-0.1, -0.05) is 61.7 Å². The van der Waals surface area contributed by atoms with Crippen LogP contribution in [0.5, 0.6) is 5.75 Å². The van der Waals surface area contributed by atoms with Crippen LogP contribution < -0.4 is 10.1 Å². The summed E-state index contributed by atoms with van der Waals surface area (Å²) < 4.78 is 5.82. The average Bonchev–Trinajstić information content (AvgIpc) is 2.55. The second-order valence-corrected chi connectivity index (χ2v) is 5.80. The third kappa shape index (κ3) is 5.90. The third-order valence-corrected chi connectivity index (χ3v) is 3.74. The van der Waals surface area contributed by atoms with E-state index in [1.54, 1.807) is 0 Å². The molecule has 0 amide bonds. The lowest BCUT2D eigenvalue weighted by Crippen LogP contribution is -2.14. The van der Waals surface area contributed by atoms with Crippen molar-refractivity contribution in [1.82, 2.24) is 5.32 Å². The van der Waals surface area contributed by atoms with Gasteiger partial charge in [-0.15, -0.1) is 0 Å². The summed E-state index contributed by atoms with van der Waals surface area (Å²) in [7, 11) is 0. The lowest BCUT2D eigenvalue weighted by atomic mass is 10.2. The van der Waals surface area contributed by atoms with Gasteiger partial charge in [0.15, 0.2) is 0 Å². The summed E-state index contributed by atoms with van der Waals surface area (Å²) in [6.45, 7) is 6.98. The normalized spacial score (nSPS) is 10.6. The number of rotatable bonds is 9. The highest BCUT2D eigenvalue weighted by Gasteiger charge is 1.98. The molecule has 0 aliphatic carbocycles. The predicted octanol–water partition coefficient (Wildman–Crippen LogP) is 4.85. The Hall–Kier alpha value is -1.80. The SMILES string of the molecule is CCCCCNCc1ccc(OCc2ccc(C)cc2)cc1. The van der Waals surface area contributed by atoms with E-state index >= 15 is 0 Å². The first kappa shape index (κ1) is 16.6. The van der Waals surface area contributed by atoms with Gasteiger partial charge < -0.3 is 10.1 Å². The van der Waals surface area contributed by atoms with Crippen molar-refractivity contribution < 1.29 is 4.74 Å². The Labute approximate surface area is 134 Å². The highest BCUT2D eigenvalue weighted by Crippen LogP contribution is 2.14. The molecule has 2 nitrogen and oxygen atoms in total. The van der Waals surface area contributed by atoms with Gasteiger partial charge in [0.25, 0.3) is 0 Å². The first-order valence-electron chi connectivity index (χ1n) is 8.26. The van der Waals surface area contributed by atoms with E-state index in [0.29, 0.717) is 6.61 Å². The summed E-state index contributed by atoms with van der Waals surface area (Å²) in [6.07, 6.45) is 3.84. The second-order valence-electron chi connectivity index (χ2n) is 5.80. The van der Waals surface area contributed by atoms with Crippen molar-refractivity contribution in [3.05, 3.63) is 65.2 Å². The molecule has 2 aromatic rings. The minimum Gasteiger partial charge on any atom is -0.489 e. The van der Waals surface area contributed by atoms with Crippen LogP contribution in [-0.2, 0) is 13.2 Å². The van der Waals surface area contributed by atoms with Crippen LogP contribution in [0.25, 0.3) is 0 Å². The lowest BCUT2D eigenvalue weighted by molar-refractivity contribution is 0.306. The molecule has 0 unspecified atom stereocenters. The van der Waals surface area contributed by atoms with Gasteiger partial charge in [0.2, 0.25) is 0 Å². The zero-order chi connectivity index (χ0) is 15.6. The van der Waals surface area contributed by atoms with Crippen molar-refractivity contribution in [2.24, 2.45) is 0 Å². The summed E-state index contributed by atoms with van der Waals surface area (Å²) in [5.41, 5.74) is 3.78. The van der Waals surface area contributed by atoms with E-state index in [1.165, 1.54) is 36.0 Å². The van der Waals surface area contributed by atoms with E-state index in [4.69, 9.17) is 4.74 Å². The Kier molecular flexibility index (Phi) is 6.98. The molecule has 1 N–H and O–H groups in total. The molecule has 0 fully saturated rings. The van der Waals surface area contributed by atoms with Gasteiger partial charge in [-0.2, -0.15) is 0 Å². The zero-order valence-corrected chi connectivity index (χ0v) is 13.8. The van der Waals surface area contributed by atoms with Crippen LogP contribution in [0.3, 0.4) is 0 Å². The van der Waals surface area contributed by atoms with Crippen LogP contribution in [0.4, 0.5) is 0 Å². The number of nitrogens with one attached hydrogen (secondary N) is 1. The van der Waals surface area contributed by atoms with Crippen molar-refractivity contribution in [3.63, 3.8) is 0 Å². The Balaban J connectivity index is 1.73. The first-order valence-corrected chi connectivity index (χ1v) is 8.26. The van der Waals surface area contributed by atoms with E-state index in [0.717, 1.165) is 18.8 Å². The molecular formula is C20H27NO. The second kappa shape index (κ2) is 9.26. The number of hydrogen-bond donors (Lipinski definition) is 1. The molecule has 0 atom stereocenters. The fourth-order valence-corrected chi connectivity index (χ4v) is 2.29. The summed E-state index contributed by atoms with van der Waals surface area (Å²) in [5, 5.41) is 3.48. The molecule has 0 spiro atoms. The Bertz CT molecular complexity index is 531. The number of unbranched alkanes of at least 4 members (excludes halogenated alkanes) is 2. The standard InChI is InChI=1S/C20H27NO/c1-3-4-5-14-21-15-18-10-12-20(13-11-18)22-16-19-8-6-17(2)7-9-19/h6-13,21H,3-5,14-16H2,1-2H3. The molecule has 2 rings (SSSR count). The van der Waals surface area contributed by atoms with Crippen LogP contribution in [-0.4, -0.2) is 6.54 Å². The Morgan fingerprint density at radius 1 is 0.864 bits per heavy atom. The predicted molar refractivity (Wildman–Crippen MR) is 93.2 cm³/mol. The smallest absolute Gasteiger partial charge is 0.119 e.